The van der Waals surface area contributed by atoms with Crippen LogP contribution in [-0.4, -0.2) is 9.97 Å². The maximum atomic E-state index is 5.73. The highest BCUT2D eigenvalue weighted by atomic mass is 16.3. The summed E-state index contributed by atoms with van der Waals surface area (Å²) in [6, 6.07) is 3.64. The lowest BCUT2D eigenvalue weighted by atomic mass is 10.3. The number of hydrogen-bond acceptors (Lipinski definition) is 5. The monoisotopic (exact) mass is 232 g/mol. The second-order valence-corrected chi connectivity index (χ2v) is 3.83. The van der Waals surface area contributed by atoms with Crippen LogP contribution in [-0.2, 0) is 13.0 Å². The summed E-state index contributed by atoms with van der Waals surface area (Å²) in [6.45, 7) is 2.75. The first kappa shape index (κ1) is 11.4. The van der Waals surface area contributed by atoms with Gasteiger partial charge >= 0.3 is 0 Å². The van der Waals surface area contributed by atoms with Crippen molar-refractivity contribution in [2.75, 3.05) is 11.1 Å². The van der Waals surface area contributed by atoms with E-state index in [0.717, 1.165) is 30.0 Å². The highest BCUT2D eigenvalue weighted by molar-refractivity contribution is 5.44. The Kier molecular flexibility index (Phi) is 3.59. The molecule has 0 saturated heterocycles. The molecule has 2 aromatic heterocycles. The van der Waals surface area contributed by atoms with Crippen molar-refractivity contribution in [3.05, 3.63) is 36.0 Å². The van der Waals surface area contributed by atoms with Crippen molar-refractivity contribution in [3.63, 3.8) is 0 Å². The molecule has 2 heterocycles. The van der Waals surface area contributed by atoms with Gasteiger partial charge in [0, 0.05) is 24.6 Å². The molecule has 0 radical (unpaired) electrons. The van der Waals surface area contributed by atoms with E-state index in [9.17, 15) is 0 Å². The van der Waals surface area contributed by atoms with Crippen LogP contribution >= 0.6 is 0 Å². The smallest absolute Gasteiger partial charge is 0.133 e. The maximum absolute atomic E-state index is 5.73. The number of rotatable bonds is 5. The van der Waals surface area contributed by atoms with Crippen molar-refractivity contribution < 1.29 is 4.42 Å². The van der Waals surface area contributed by atoms with Gasteiger partial charge in [-0.05, 0) is 12.5 Å². The highest BCUT2D eigenvalue weighted by Crippen LogP contribution is 2.11. The van der Waals surface area contributed by atoms with Crippen LogP contribution in [0.4, 0.5) is 11.6 Å². The average Bonchev–Trinajstić information content (AvgIpc) is 2.79. The molecule has 0 amide bonds. The Morgan fingerprint density at radius 3 is 3.00 bits per heavy atom. The Labute approximate surface area is 100 Å². The van der Waals surface area contributed by atoms with Crippen LogP contribution in [0.3, 0.4) is 0 Å². The minimum atomic E-state index is 0.498. The van der Waals surface area contributed by atoms with E-state index in [4.69, 9.17) is 10.2 Å². The van der Waals surface area contributed by atoms with Gasteiger partial charge in [-0.25, -0.2) is 9.97 Å². The van der Waals surface area contributed by atoms with Crippen LogP contribution in [0.25, 0.3) is 0 Å². The molecule has 90 valence electrons. The number of furan rings is 1. The molecule has 17 heavy (non-hydrogen) atoms. The summed E-state index contributed by atoms with van der Waals surface area (Å²) in [7, 11) is 0. The molecule has 0 saturated carbocycles. The molecule has 0 aliphatic rings. The number of anilines is 2. The van der Waals surface area contributed by atoms with Gasteiger partial charge in [0.25, 0.3) is 0 Å². The fourth-order valence-corrected chi connectivity index (χ4v) is 1.53. The van der Waals surface area contributed by atoms with Crippen molar-refractivity contribution in [1.82, 2.24) is 9.97 Å². The summed E-state index contributed by atoms with van der Waals surface area (Å²) >= 11 is 0. The van der Waals surface area contributed by atoms with Gasteiger partial charge in [0.2, 0.25) is 0 Å². The van der Waals surface area contributed by atoms with Gasteiger partial charge in [0.15, 0.2) is 0 Å². The predicted octanol–water partition coefficient (Wildman–Crippen LogP) is 2.22. The van der Waals surface area contributed by atoms with Gasteiger partial charge in [-0.2, -0.15) is 0 Å². The fraction of sp³-hybridized carbons (Fsp3) is 0.333. The molecule has 0 atom stereocenters. The van der Waals surface area contributed by atoms with Gasteiger partial charge < -0.3 is 15.5 Å². The minimum Gasteiger partial charge on any atom is -0.472 e. The van der Waals surface area contributed by atoms with E-state index in [-0.39, 0.29) is 0 Å². The zero-order valence-electron chi connectivity index (χ0n) is 9.81. The molecule has 0 spiro atoms. The van der Waals surface area contributed by atoms with Gasteiger partial charge in [-0.3, -0.25) is 0 Å². The second kappa shape index (κ2) is 5.34. The van der Waals surface area contributed by atoms with Crippen LogP contribution in [0.2, 0.25) is 0 Å². The molecule has 0 aromatic carbocycles. The average molecular weight is 232 g/mol. The summed E-state index contributed by atoms with van der Waals surface area (Å²) < 4.78 is 4.99. The lowest BCUT2D eigenvalue weighted by Crippen LogP contribution is -2.06. The molecule has 3 N–H and O–H groups in total. The van der Waals surface area contributed by atoms with E-state index in [0.29, 0.717) is 12.4 Å². The molecule has 2 rings (SSSR count). The van der Waals surface area contributed by atoms with Gasteiger partial charge in [0.05, 0.1) is 12.5 Å². The number of aryl methyl sites for hydroxylation is 1. The molecule has 0 unspecified atom stereocenters. The first-order chi connectivity index (χ1) is 8.28. The molecular weight excluding hydrogens is 216 g/mol. The number of nitrogens with zero attached hydrogens (tertiary/aromatic N) is 2. The Morgan fingerprint density at radius 2 is 2.29 bits per heavy atom. The van der Waals surface area contributed by atoms with Crippen molar-refractivity contribution in [1.29, 1.82) is 0 Å². The van der Waals surface area contributed by atoms with Crippen LogP contribution in [0.15, 0.2) is 29.1 Å². The molecule has 2 aromatic rings. The Hall–Kier alpha value is -2.04. The first-order valence-electron chi connectivity index (χ1n) is 5.66. The molecular formula is C12H16N4O. The van der Waals surface area contributed by atoms with Crippen molar-refractivity contribution >= 4 is 11.6 Å². The fourth-order valence-electron chi connectivity index (χ4n) is 1.53. The molecule has 0 aliphatic heterocycles. The van der Waals surface area contributed by atoms with Crippen molar-refractivity contribution in [2.24, 2.45) is 0 Å². The van der Waals surface area contributed by atoms with Crippen molar-refractivity contribution in [2.45, 2.75) is 26.3 Å². The third-order valence-corrected chi connectivity index (χ3v) is 2.32. The summed E-state index contributed by atoms with van der Waals surface area (Å²) in [5.41, 5.74) is 6.80. The zero-order chi connectivity index (χ0) is 12.1. The topological polar surface area (TPSA) is 77.0 Å². The molecule has 0 fully saturated rings. The lowest BCUT2D eigenvalue weighted by Gasteiger charge is -2.06. The van der Waals surface area contributed by atoms with Crippen LogP contribution in [0.1, 0.15) is 24.7 Å². The van der Waals surface area contributed by atoms with E-state index in [1.165, 1.54) is 0 Å². The van der Waals surface area contributed by atoms with Crippen LogP contribution < -0.4 is 11.1 Å². The second-order valence-electron chi connectivity index (χ2n) is 3.83. The Balaban J connectivity index is 2.04. The van der Waals surface area contributed by atoms with Gasteiger partial charge in [-0.15, -0.1) is 0 Å². The Morgan fingerprint density at radius 1 is 1.41 bits per heavy atom. The number of hydrogen-bond donors (Lipinski definition) is 2. The number of nitrogens with one attached hydrogen (secondary N) is 1. The van der Waals surface area contributed by atoms with Crippen molar-refractivity contribution in [3.8, 4) is 0 Å². The number of nitrogen functional groups attached to an aromatic ring is 1. The summed E-state index contributed by atoms with van der Waals surface area (Å²) in [5, 5.41) is 3.20. The van der Waals surface area contributed by atoms with E-state index in [1.54, 1.807) is 18.6 Å². The summed E-state index contributed by atoms with van der Waals surface area (Å²) in [5.74, 6) is 2.03. The SMILES string of the molecule is CCCc1nc(N)cc(NCc2ccoc2)n1. The lowest BCUT2D eigenvalue weighted by molar-refractivity contribution is 0.564. The Bertz CT molecular complexity index is 467. The largest absolute Gasteiger partial charge is 0.472 e. The first-order valence-corrected chi connectivity index (χ1v) is 5.66. The molecule has 5 heteroatoms. The number of aromatic nitrogens is 2. The third-order valence-electron chi connectivity index (χ3n) is 2.32. The van der Waals surface area contributed by atoms with E-state index in [2.05, 4.69) is 22.2 Å². The summed E-state index contributed by atoms with van der Waals surface area (Å²) in [6.07, 6.45) is 5.19. The summed E-state index contributed by atoms with van der Waals surface area (Å²) in [4.78, 5) is 8.57. The van der Waals surface area contributed by atoms with E-state index < -0.39 is 0 Å². The number of nitrogens with two attached hydrogens (primary N) is 1. The quantitative estimate of drug-likeness (QED) is 0.826. The minimum absolute atomic E-state index is 0.498. The standard InChI is InChI=1S/C12H16N4O/c1-2-3-11-15-10(13)6-12(16-11)14-7-9-4-5-17-8-9/h4-6,8H,2-3,7H2,1H3,(H3,13,14,15,16). The van der Waals surface area contributed by atoms with E-state index in [1.807, 2.05) is 6.07 Å². The molecule has 0 aliphatic carbocycles. The highest BCUT2D eigenvalue weighted by Gasteiger charge is 2.02. The van der Waals surface area contributed by atoms with E-state index >= 15 is 0 Å². The van der Waals surface area contributed by atoms with Gasteiger partial charge in [-0.1, -0.05) is 6.92 Å². The molecule has 0 bridgehead atoms. The maximum Gasteiger partial charge on any atom is 0.133 e. The molecule has 5 nitrogen and oxygen atoms in total. The van der Waals surface area contributed by atoms with Crippen LogP contribution in [0.5, 0.6) is 0 Å². The third kappa shape index (κ3) is 3.21. The predicted molar refractivity (Wildman–Crippen MR) is 66.5 cm³/mol. The normalized spacial score (nSPS) is 10.4. The van der Waals surface area contributed by atoms with Gasteiger partial charge in [0.1, 0.15) is 17.5 Å². The van der Waals surface area contributed by atoms with Crippen LogP contribution in [0, 0.1) is 0 Å². The zero-order valence-corrected chi connectivity index (χ0v) is 9.81.